The number of sulfonamides is 1. The minimum absolute atomic E-state index is 0. The monoisotopic (exact) mass is 367 g/mol. The molecule has 0 aromatic carbocycles. The number of halogens is 1. The molecular formula is C13H22ClN3O3S2. The minimum Gasteiger partial charge on any atom is -0.356 e. The van der Waals surface area contributed by atoms with Crippen molar-refractivity contribution < 1.29 is 13.2 Å². The summed E-state index contributed by atoms with van der Waals surface area (Å²) in [4.78, 5) is 11.7. The predicted octanol–water partition coefficient (Wildman–Crippen LogP) is 0.864. The van der Waals surface area contributed by atoms with Gasteiger partial charge in [-0.1, -0.05) is 0 Å². The number of nitrogens with two attached hydrogens (primary N) is 1. The summed E-state index contributed by atoms with van der Waals surface area (Å²) in [5, 5.41) is 2.69. The first kappa shape index (κ1) is 19.4. The van der Waals surface area contributed by atoms with Gasteiger partial charge in [0.1, 0.15) is 4.21 Å². The topological polar surface area (TPSA) is 101 Å². The standard InChI is InChI=1S/C13H21N3O3S2.ClH/c1-9(17)15-7-6-11-4-5-13(20-11)21(18,19)16-12(8-14)10-2-3-10;/h4-5,10,12,16H,2-3,6-8,14H2,1H3,(H,15,17);1H. The van der Waals surface area contributed by atoms with E-state index in [0.717, 1.165) is 17.7 Å². The molecule has 1 aliphatic carbocycles. The molecule has 0 saturated heterocycles. The third kappa shape index (κ3) is 5.51. The molecule has 0 bridgehead atoms. The molecule has 1 aliphatic rings. The van der Waals surface area contributed by atoms with E-state index >= 15 is 0 Å². The Labute approximate surface area is 141 Å². The number of carbonyl (C=O) groups excluding carboxylic acids is 1. The Bertz CT molecular complexity index is 599. The number of carbonyl (C=O) groups is 1. The zero-order valence-electron chi connectivity index (χ0n) is 12.4. The molecule has 0 aliphatic heterocycles. The third-order valence-corrected chi connectivity index (χ3v) is 6.53. The van der Waals surface area contributed by atoms with Crippen molar-refractivity contribution in [3.8, 4) is 0 Å². The van der Waals surface area contributed by atoms with Crippen LogP contribution in [0.2, 0.25) is 0 Å². The lowest BCUT2D eigenvalue weighted by molar-refractivity contribution is -0.118. The van der Waals surface area contributed by atoms with Crippen molar-refractivity contribution in [2.75, 3.05) is 13.1 Å². The first-order chi connectivity index (χ1) is 9.92. The average molecular weight is 368 g/mol. The molecule has 9 heteroatoms. The molecule has 1 aromatic rings. The zero-order chi connectivity index (χ0) is 15.5. The van der Waals surface area contributed by atoms with E-state index in [0.29, 0.717) is 29.6 Å². The van der Waals surface area contributed by atoms with Crippen LogP contribution in [0.1, 0.15) is 24.6 Å². The molecule has 22 heavy (non-hydrogen) atoms. The van der Waals surface area contributed by atoms with Crippen LogP contribution in [-0.4, -0.2) is 33.5 Å². The van der Waals surface area contributed by atoms with Gasteiger partial charge in [0.25, 0.3) is 0 Å². The Balaban J connectivity index is 0.00000242. The van der Waals surface area contributed by atoms with Crippen LogP contribution in [0.15, 0.2) is 16.3 Å². The maximum atomic E-state index is 12.3. The van der Waals surface area contributed by atoms with E-state index in [9.17, 15) is 13.2 Å². The van der Waals surface area contributed by atoms with Crippen LogP contribution in [0, 0.1) is 5.92 Å². The maximum absolute atomic E-state index is 12.3. The third-order valence-electron chi connectivity index (χ3n) is 3.40. The van der Waals surface area contributed by atoms with Gasteiger partial charge in [0.15, 0.2) is 0 Å². The predicted molar refractivity (Wildman–Crippen MR) is 89.8 cm³/mol. The molecule has 1 amide bonds. The molecule has 2 rings (SSSR count). The lowest BCUT2D eigenvalue weighted by atomic mass is 10.2. The second-order valence-corrected chi connectivity index (χ2v) is 8.36. The summed E-state index contributed by atoms with van der Waals surface area (Å²) in [5.74, 6) is 0.292. The van der Waals surface area contributed by atoms with Crippen LogP contribution in [0.3, 0.4) is 0 Å². The van der Waals surface area contributed by atoms with E-state index in [1.54, 1.807) is 12.1 Å². The van der Waals surface area contributed by atoms with Crippen LogP contribution >= 0.6 is 23.7 Å². The summed E-state index contributed by atoms with van der Waals surface area (Å²) in [5.41, 5.74) is 5.63. The number of hydrogen-bond donors (Lipinski definition) is 3. The summed E-state index contributed by atoms with van der Waals surface area (Å²) in [6, 6.07) is 3.23. The van der Waals surface area contributed by atoms with Gasteiger partial charge in [-0.2, -0.15) is 0 Å². The van der Waals surface area contributed by atoms with Crippen LogP contribution in [0.5, 0.6) is 0 Å². The fourth-order valence-electron chi connectivity index (χ4n) is 2.09. The van der Waals surface area contributed by atoms with Crippen molar-refractivity contribution in [1.29, 1.82) is 0 Å². The van der Waals surface area contributed by atoms with Gasteiger partial charge in [0, 0.05) is 30.9 Å². The van der Waals surface area contributed by atoms with Crippen LogP contribution in [0.25, 0.3) is 0 Å². The van der Waals surface area contributed by atoms with Gasteiger partial charge < -0.3 is 11.1 Å². The van der Waals surface area contributed by atoms with Crippen molar-refractivity contribution in [2.24, 2.45) is 11.7 Å². The van der Waals surface area contributed by atoms with E-state index < -0.39 is 10.0 Å². The van der Waals surface area contributed by atoms with E-state index in [2.05, 4.69) is 10.0 Å². The van der Waals surface area contributed by atoms with E-state index in [1.165, 1.54) is 18.3 Å². The molecule has 6 nitrogen and oxygen atoms in total. The Morgan fingerprint density at radius 2 is 2.14 bits per heavy atom. The fraction of sp³-hybridized carbons (Fsp3) is 0.615. The van der Waals surface area contributed by atoms with E-state index in [4.69, 9.17) is 5.73 Å². The summed E-state index contributed by atoms with van der Waals surface area (Å²) in [6.45, 7) is 2.29. The summed E-state index contributed by atoms with van der Waals surface area (Å²) in [6.07, 6.45) is 2.70. The normalized spacial score (nSPS) is 15.9. The van der Waals surface area contributed by atoms with Crippen molar-refractivity contribution in [3.05, 3.63) is 17.0 Å². The molecule has 126 valence electrons. The van der Waals surface area contributed by atoms with Crippen LogP contribution in [-0.2, 0) is 21.2 Å². The van der Waals surface area contributed by atoms with Crippen LogP contribution < -0.4 is 15.8 Å². The second-order valence-electron chi connectivity index (χ2n) is 5.25. The van der Waals surface area contributed by atoms with Gasteiger partial charge in [0.2, 0.25) is 15.9 Å². The highest BCUT2D eigenvalue weighted by Crippen LogP contribution is 2.33. The Morgan fingerprint density at radius 3 is 2.68 bits per heavy atom. The summed E-state index contributed by atoms with van der Waals surface area (Å²) >= 11 is 1.23. The molecular weight excluding hydrogens is 346 g/mol. The smallest absolute Gasteiger partial charge is 0.250 e. The molecule has 0 radical (unpaired) electrons. The van der Waals surface area contributed by atoms with E-state index in [-0.39, 0.29) is 24.4 Å². The first-order valence-electron chi connectivity index (χ1n) is 6.98. The van der Waals surface area contributed by atoms with Crippen molar-refractivity contribution in [1.82, 2.24) is 10.0 Å². The molecule has 1 atom stereocenters. The highest BCUT2D eigenvalue weighted by Gasteiger charge is 2.33. The number of hydrogen-bond acceptors (Lipinski definition) is 5. The van der Waals surface area contributed by atoms with Crippen LogP contribution in [0.4, 0.5) is 0 Å². The quantitative estimate of drug-likeness (QED) is 0.634. The molecule has 4 N–H and O–H groups in total. The molecule has 1 aromatic heterocycles. The summed E-state index contributed by atoms with van der Waals surface area (Å²) in [7, 11) is -3.50. The number of amides is 1. The van der Waals surface area contributed by atoms with E-state index in [1.807, 2.05) is 0 Å². The lowest BCUT2D eigenvalue weighted by Crippen LogP contribution is -2.41. The maximum Gasteiger partial charge on any atom is 0.250 e. The molecule has 1 unspecified atom stereocenters. The molecule has 1 saturated carbocycles. The summed E-state index contributed by atoms with van der Waals surface area (Å²) < 4.78 is 27.6. The molecule has 0 spiro atoms. The van der Waals surface area contributed by atoms with Gasteiger partial charge in [-0.05, 0) is 37.3 Å². The lowest BCUT2D eigenvalue weighted by Gasteiger charge is -2.15. The van der Waals surface area contributed by atoms with Crippen molar-refractivity contribution in [3.63, 3.8) is 0 Å². The Kier molecular flexibility index (Phi) is 7.27. The zero-order valence-corrected chi connectivity index (χ0v) is 14.8. The Morgan fingerprint density at radius 1 is 1.45 bits per heavy atom. The minimum atomic E-state index is -3.50. The average Bonchev–Trinajstić information content (AvgIpc) is 3.14. The largest absolute Gasteiger partial charge is 0.356 e. The van der Waals surface area contributed by atoms with Gasteiger partial charge in [-0.25, -0.2) is 13.1 Å². The fourth-order valence-corrected chi connectivity index (χ4v) is 4.78. The number of thiophene rings is 1. The van der Waals surface area contributed by atoms with Crippen molar-refractivity contribution >= 4 is 39.7 Å². The highest BCUT2D eigenvalue weighted by molar-refractivity contribution is 7.91. The highest BCUT2D eigenvalue weighted by atomic mass is 35.5. The Hall–Kier alpha value is -0.670. The second kappa shape index (κ2) is 8.26. The van der Waals surface area contributed by atoms with Gasteiger partial charge in [-0.15, -0.1) is 23.7 Å². The van der Waals surface area contributed by atoms with Gasteiger partial charge in [0.05, 0.1) is 0 Å². The number of rotatable bonds is 8. The molecule has 1 fully saturated rings. The van der Waals surface area contributed by atoms with Gasteiger partial charge in [-0.3, -0.25) is 4.79 Å². The SMILES string of the molecule is CC(=O)NCCc1ccc(S(=O)(=O)NC(CN)C2CC2)s1.Cl. The first-order valence-corrected chi connectivity index (χ1v) is 9.28. The molecule has 1 heterocycles. The number of nitrogens with one attached hydrogen (secondary N) is 2. The van der Waals surface area contributed by atoms with Crippen molar-refractivity contribution in [2.45, 2.75) is 36.4 Å². The van der Waals surface area contributed by atoms with Gasteiger partial charge >= 0.3 is 0 Å².